The Kier molecular flexibility index (Phi) is 3.66. The summed E-state index contributed by atoms with van der Waals surface area (Å²) >= 11 is 0. The molecule has 0 bridgehead atoms. The predicted molar refractivity (Wildman–Crippen MR) is 66.4 cm³/mol. The van der Waals surface area contributed by atoms with Crippen molar-refractivity contribution in [1.29, 1.82) is 0 Å². The zero-order chi connectivity index (χ0) is 13.1. The summed E-state index contributed by atoms with van der Waals surface area (Å²) in [4.78, 5) is 1.81. The molecule has 0 saturated carbocycles. The van der Waals surface area contributed by atoms with E-state index in [9.17, 15) is 9.50 Å². The highest BCUT2D eigenvalue weighted by Gasteiger charge is 2.20. The van der Waals surface area contributed by atoms with Crippen LogP contribution in [0.1, 0.15) is 18.4 Å². The maximum atomic E-state index is 13.9. The summed E-state index contributed by atoms with van der Waals surface area (Å²) in [5.74, 6) is -0.563. The molecule has 1 aliphatic heterocycles. The predicted octanol–water partition coefficient (Wildman–Crippen LogP) is 0.881. The summed E-state index contributed by atoms with van der Waals surface area (Å²) in [6.07, 6.45) is 1.17. The molecule has 4 N–H and O–H groups in total. The average molecular weight is 253 g/mol. The van der Waals surface area contributed by atoms with E-state index in [2.05, 4.69) is 5.16 Å². The molecule has 0 amide bonds. The molecule has 6 heteroatoms. The van der Waals surface area contributed by atoms with E-state index in [0.29, 0.717) is 17.8 Å². The second-order valence-electron chi connectivity index (χ2n) is 4.39. The molecule has 1 aromatic rings. The van der Waals surface area contributed by atoms with E-state index in [0.717, 1.165) is 19.4 Å². The minimum atomic E-state index is -0.437. The Balaban J connectivity index is 2.24. The van der Waals surface area contributed by atoms with Crippen LogP contribution in [0.15, 0.2) is 23.4 Å². The van der Waals surface area contributed by atoms with Crippen molar-refractivity contribution < 1.29 is 14.7 Å². The van der Waals surface area contributed by atoms with Crippen molar-refractivity contribution >= 4 is 11.5 Å². The fourth-order valence-corrected chi connectivity index (χ4v) is 2.15. The van der Waals surface area contributed by atoms with Gasteiger partial charge >= 0.3 is 0 Å². The van der Waals surface area contributed by atoms with Crippen LogP contribution in [0.3, 0.4) is 0 Å². The summed E-state index contributed by atoms with van der Waals surface area (Å²) in [6, 6.07) is 4.40. The number of amidine groups is 1. The summed E-state index contributed by atoms with van der Waals surface area (Å²) < 4.78 is 13.9. The minimum absolute atomic E-state index is 0.126. The first-order valence-electron chi connectivity index (χ1n) is 5.82. The highest BCUT2D eigenvalue weighted by atomic mass is 19.1. The maximum Gasteiger partial charge on any atom is 0.170 e. The van der Waals surface area contributed by atoms with Crippen molar-refractivity contribution in [1.82, 2.24) is 0 Å². The molecule has 1 atom stereocenters. The number of rotatable bonds is 2. The Morgan fingerprint density at radius 1 is 1.50 bits per heavy atom. The summed E-state index contributed by atoms with van der Waals surface area (Å²) in [6.45, 7) is 1.15. The van der Waals surface area contributed by atoms with Gasteiger partial charge in [-0.3, -0.25) is 0 Å². The van der Waals surface area contributed by atoms with Gasteiger partial charge in [-0.1, -0.05) is 5.16 Å². The molecule has 1 aromatic carbocycles. The third-order valence-electron chi connectivity index (χ3n) is 3.09. The Labute approximate surface area is 104 Å². The average Bonchev–Trinajstić information content (AvgIpc) is 2.37. The number of hydrogen-bond acceptors (Lipinski definition) is 4. The Morgan fingerprint density at radius 2 is 2.28 bits per heavy atom. The molecule has 1 saturated heterocycles. The molecule has 0 aromatic heterocycles. The zero-order valence-electron chi connectivity index (χ0n) is 9.88. The fraction of sp³-hybridized carbons (Fsp3) is 0.417. The van der Waals surface area contributed by atoms with E-state index >= 15 is 0 Å². The van der Waals surface area contributed by atoms with Crippen molar-refractivity contribution in [3.63, 3.8) is 0 Å². The van der Waals surface area contributed by atoms with Gasteiger partial charge in [0.05, 0.1) is 11.8 Å². The summed E-state index contributed by atoms with van der Waals surface area (Å²) in [5, 5.41) is 20.9. The van der Waals surface area contributed by atoms with Crippen molar-refractivity contribution in [3.8, 4) is 0 Å². The first kappa shape index (κ1) is 12.6. The number of piperidine rings is 1. The van der Waals surface area contributed by atoms with Crippen LogP contribution in [0.4, 0.5) is 10.1 Å². The lowest BCUT2D eigenvalue weighted by Crippen LogP contribution is -2.38. The Morgan fingerprint density at radius 3 is 2.89 bits per heavy atom. The quantitative estimate of drug-likeness (QED) is 0.316. The van der Waals surface area contributed by atoms with Crippen LogP contribution in [-0.4, -0.2) is 35.3 Å². The standard InChI is InChI=1S/C12H16FN3O2/c13-10-6-8(12(14)15-18)3-4-11(10)16-5-1-2-9(17)7-16/h3-4,6,9,17-18H,1-2,5,7H2,(H2,14,15). The number of benzene rings is 1. The first-order valence-corrected chi connectivity index (χ1v) is 5.82. The molecule has 1 unspecified atom stereocenters. The highest BCUT2D eigenvalue weighted by Crippen LogP contribution is 2.24. The van der Waals surface area contributed by atoms with Gasteiger partial charge in [0.25, 0.3) is 0 Å². The van der Waals surface area contributed by atoms with Gasteiger partial charge in [-0.15, -0.1) is 0 Å². The van der Waals surface area contributed by atoms with Crippen molar-refractivity contribution in [2.45, 2.75) is 18.9 Å². The van der Waals surface area contributed by atoms with Crippen LogP contribution >= 0.6 is 0 Å². The van der Waals surface area contributed by atoms with Gasteiger partial charge in [0, 0.05) is 18.7 Å². The molecule has 18 heavy (non-hydrogen) atoms. The number of nitrogens with two attached hydrogens (primary N) is 1. The normalized spacial score (nSPS) is 21.1. The third kappa shape index (κ3) is 2.53. The number of aliphatic hydroxyl groups is 1. The van der Waals surface area contributed by atoms with Crippen molar-refractivity contribution in [2.75, 3.05) is 18.0 Å². The lowest BCUT2D eigenvalue weighted by Gasteiger charge is -2.32. The van der Waals surface area contributed by atoms with Crippen LogP contribution in [0, 0.1) is 5.82 Å². The lowest BCUT2D eigenvalue weighted by atomic mass is 10.1. The number of halogens is 1. The highest BCUT2D eigenvalue weighted by molar-refractivity contribution is 5.97. The smallest absolute Gasteiger partial charge is 0.170 e. The van der Waals surface area contributed by atoms with Gasteiger partial charge in [0.1, 0.15) is 5.82 Å². The largest absolute Gasteiger partial charge is 0.409 e. The second-order valence-corrected chi connectivity index (χ2v) is 4.39. The number of β-amino-alcohol motifs (C(OH)–C–C–N with tert-alkyl or cyclic N) is 1. The fourth-order valence-electron chi connectivity index (χ4n) is 2.15. The monoisotopic (exact) mass is 253 g/mol. The minimum Gasteiger partial charge on any atom is -0.409 e. The van der Waals surface area contributed by atoms with Gasteiger partial charge in [-0.05, 0) is 31.0 Å². The topological polar surface area (TPSA) is 82.1 Å². The SMILES string of the molecule is N/C(=N/O)c1ccc(N2CCCC(O)C2)c(F)c1. The number of hydrogen-bond donors (Lipinski definition) is 3. The van der Waals surface area contributed by atoms with E-state index < -0.39 is 11.9 Å². The number of nitrogens with zero attached hydrogens (tertiary/aromatic N) is 2. The summed E-state index contributed by atoms with van der Waals surface area (Å²) in [7, 11) is 0. The molecule has 1 aliphatic rings. The third-order valence-corrected chi connectivity index (χ3v) is 3.09. The van der Waals surface area contributed by atoms with E-state index in [1.165, 1.54) is 6.07 Å². The molecule has 0 spiro atoms. The number of anilines is 1. The molecular weight excluding hydrogens is 237 g/mol. The van der Waals surface area contributed by atoms with Crippen molar-refractivity contribution in [3.05, 3.63) is 29.6 Å². The molecule has 1 heterocycles. The molecule has 5 nitrogen and oxygen atoms in total. The Hall–Kier alpha value is -1.82. The zero-order valence-corrected chi connectivity index (χ0v) is 9.88. The van der Waals surface area contributed by atoms with Crippen molar-refractivity contribution in [2.24, 2.45) is 10.9 Å². The molecule has 98 valence electrons. The van der Waals surface area contributed by atoms with E-state index in [-0.39, 0.29) is 5.84 Å². The van der Waals surface area contributed by atoms with Crippen LogP contribution < -0.4 is 10.6 Å². The summed E-state index contributed by atoms with van der Waals surface area (Å²) in [5.41, 5.74) is 6.16. The van der Waals surface area contributed by atoms with Gasteiger partial charge in [-0.25, -0.2) is 4.39 Å². The van der Waals surface area contributed by atoms with Crippen LogP contribution in [0.25, 0.3) is 0 Å². The Bertz CT molecular complexity index is 465. The lowest BCUT2D eigenvalue weighted by molar-refractivity contribution is 0.154. The molecule has 0 radical (unpaired) electrons. The van der Waals surface area contributed by atoms with Gasteiger partial charge < -0.3 is 20.9 Å². The van der Waals surface area contributed by atoms with Crippen LogP contribution in [0.5, 0.6) is 0 Å². The maximum absolute atomic E-state index is 13.9. The van der Waals surface area contributed by atoms with Crippen LogP contribution in [0.2, 0.25) is 0 Å². The molecule has 2 rings (SSSR count). The number of oxime groups is 1. The van der Waals surface area contributed by atoms with Crippen LogP contribution in [-0.2, 0) is 0 Å². The molecular formula is C12H16FN3O2. The van der Waals surface area contributed by atoms with Gasteiger partial charge in [-0.2, -0.15) is 0 Å². The number of aliphatic hydroxyl groups excluding tert-OH is 1. The van der Waals surface area contributed by atoms with Gasteiger partial charge in [0.15, 0.2) is 5.84 Å². The van der Waals surface area contributed by atoms with E-state index in [1.54, 1.807) is 17.0 Å². The molecule has 1 fully saturated rings. The first-order chi connectivity index (χ1) is 8.61. The second kappa shape index (κ2) is 5.22. The van der Waals surface area contributed by atoms with E-state index in [4.69, 9.17) is 10.9 Å². The van der Waals surface area contributed by atoms with Gasteiger partial charge in [0.2, 0.25) is 0 Å². The van der Waals surface area contributed by atoms with E-state index in [1.807, 2.05) is 0 Å². The molecule has 0 aliphatic carbocycles.